The number of aryl methyl sites for hydroxylation is 1. The first-order valence-electron chi connectivity index (χ1n) is 5.89. The molecule has 0 aliphatic heterocycles. The third kappa shape index (κ3) is 3.94. The van der Waals surface area contributed by atoms with E-state index < -0.39 is 9.84 Å². The van der Waals surface area contributed by atoms with Crippen LogP contribution >= 0.6 is 23.1 Å². The molecule has 0 bridgehead atoms. The van der Waals surface area contributed by atoms with E-state index in [2.05, 4.69) is 0 Å². The van der Waals surface area contributed by atoms with Crippen molar-refractivity contribution in [2.45, 2.75) is 16.7 Å². The van der Waals surface area contributed by atoms with E-state index in [0.29, 0.717) is 10.6 Å². The maximum Gasteiger partial charge on any atom is 0.182 e. The Morgan fingerprint density at radius 3 is 2.30 bits per heavy atom. The van der Waals surface area contributed by atoms with E-state index in [1.165, 1.54) is 29.4 Å². The number of hydrogen-bond donors (Lipinski definition) is 0. The van der Waals surface area contributed by atoms with Gasteiger partial charge in [0, 0.05) is 16.0 Å². The lowest BCUT2D eigenvalue weighted by atomic mass is 10.3. The fourth-order valence-corrected chi connectivity index (χ4v) is 3.90. The van der Waals surface area contributed by atoms with Crippen LogP contribution in [0, 0.1) is 6.92 Å². The summed E-state index contributed by atoms with van der Waals surface area (Å²) in [6, 6.07) is 10.4. The van der Waals surface area contributed by atoms with Crippen LogP contribution in [0.4, 0.5) is 0 Å². The van der Waals surface area contributed by atoms with Gasteiger partial charge in [-0.25, -0.2) is 8.42 Å². The smallest absolute Gasteiger partial charge is 0.182 e. The van der Waals surface area contributed by atoms with Crippen LogP contribution in [-0.4, -0.2) is 26.2 Å². The number of ketones is 1. The zero-order chi connectivity index (χ0) is 14.8. The Kier molecular flexibility index (Phi) is 4.67. The van der Waals surface area contributed by atoms with Gasteiger partial charge in [0.2, 0.25) is 0 Å². The summed E-state index contributed by atoms with van der Waals surface area (Å²) in [7, 11) is -3.17. The molecule has 1 aromatic heterocycles. The minimum Gasteiger partial charge on any atom is -0.292 e. The summed E-state index contributed by atoms with van der Waals surface area (Å²) in [5.41, 5.74) is 0. The molecule has 0 radical (unpaired) electrons. The molecule has 1 heterocycles. The Hall–Kier alpha value is -1.11. The van der Waals surface area contributed by atoms with Crippen molar-refractivity contribution in [3.63, 3.8) is 0 Å². The van der Waals surface area contributed by atoms with Crippen molar-refractivity contribution in [1.82, 2.24) is 0 Å². The Bertz CT molecular complexity index is 712. The van der Waals surface area contributed by atoms with E-state index in [4.69, 9.17) is 0 Å². The highest BCUT2D eigenvalue weighted by atomic mass is 32.2. The van der Waals surface area contributed by atoms with Crippen molar-refractivity contribution in [3.05, 3.63) is 46.2 Å². The lowest BCUT2D eigenvalue weighted by molar-refractivity contribution is 0.102. The highest BCUT2D eigenvalue weighted by Gasteiger charge is 2.10. The zero-order valence-electron chi connectivity index (χ0n) is 11.1. The molecule has 2 rings (SSSR count). The van der Waals surface area contributed by atoms with Gasteiger partial charge in [-0.1, -0.05) is 0 Å². The topological polar surface area (TPSA) is 51.2 Å². The average Bonchev–Trinajstić information content (AvgIpc) is 2.82. The number of sulfone groups is 1. The third-order valence-corrected chi connectivity index (χ3v) is 5.82. The predicted octanol–water partition coefficient (Wildman–Crippen LogP) is 3.44. The molecule has 6 heteroatoms. The second-order valence-corrected chi connectivity index (χ2v) is 8.72. The van der Waals surface area contributed by atoms with Gasteiger partial charge in [0.15, 0.2) is 15.6 Å². The van der Waals surface area contributed by atoms with Crippen molar-refractivity contribution in [1.29, 1.82) is 0 Å². The number of thiophene rings is 1. The minimum atomic E-state index is -3.17. The number of Topliss-reactive ketones (excluding diaryl/α,β-unsaturated/α-hetero) is 1. The summed E-state index contributed by atoms with van der Waals surface area (Å²) >= 11 is 2.91. The molecule has 0 aliphatic carbocycles. The maximum absolute atomic E-state index is 12.0. The summed E-state index contributed by atoms with van der Waals surface area (Å²) in [5.74, 6) is 0.457. The molecule has 0 fully saturated rings. The van der Waals surface area contributed by atoms with E-state index in [1.807, 2.05) is 19.1 Å². The molecule has 20 heavy (non-hydrogen) atoms. The van der Waals surface area contributed by atoms with Crippen LogP contribution in [0.1, 0.15) is 14.5 Å². The highest BCUT2D eigenvalue weighted by Crippen LogP contribution is 2.23. The van der Waals surface area contributed by atoms with Crippen molar-refractivity contribution >= 4 is 38.7 Å². The van der Waals surface area contributed by atoms with Gasteiger partial charge in [-0.15, -0.1) is 23.1 Å². The molecular weight excluding hydrogens is 312 g/mol. The highest BCUT2D eigenvalue weighted by molar-refractivity contribution is 8.00. The summed E-state index contributed by atoms with van der Waals surface area (Å²) < 4.78 is 22.7. The number of thioether (sulfide) groups is 1. The fraction of sp³-hybridized carbons (Fsp3) is 0.214. The molecule has 2 aromatic rings. The largest absolute Gasteiger partial charge is 0.292 e. The van der Waals surface area contributed by atoms with Gasteiger partial charge in [-0.05, 0) is 43.3 Å². The Labute approximate surface area is 126 Å². The quantitative estimate of drug-likeness (QED) is 0.624. The number of carbonyl (C=O) groups excluding carboxylic acids is 1. The molecular formula is C14H14O3S3. The zero-order valence-corrected chi connectivity index (χ0v) is 13.6. The maximum atomic E-state index is 12.0. The molecule has 1 aromatic carbocycles. The average molecular weight is 326 g/mol. The normalized spacial score (nSPS) is 11.5. The van der Waals surface area contributed by atoms with Crippen molar-refractivity contribution in [3.8, 4) is 0 Å². The van der Waals surface area contributed by atoms with E-state index in [1.54, 1.807) is 24.3 Å². The second kappa shape index (κ2) is 6.11. The number of carbonyl (C=O) groups is 1. The van der Waals surface area contributed by atoms with Crippen LogP contribution in [0.3, 0.4) is 0 Å². The van der Waals surface area contributed by atoms with Crippen LogP contribution in [-0.2, 0) is 9.84 Å². The molecule has 0 amide bonds. The fourth-order valence-electron chi connectivity index (χ4n) is 1.59. The summed E-state index contributed by atoms with van der Waals surface area (Å²) in [4.78, 5) is 15.0. The summed E-state index contributed by atoms with van der Waals surface area (Å²) in [6.45, 7) is 1.97. The van der Waals surface area contributed by atoms with Gasteiger partial charge >= 0.3 is 0 Å². The molecule has 0 spiro atoms. The first kappa shape index (κ1) is 15.3. The van der Waals surface area contributed by atoms with Gasteiger partial charge in [0.25, 0.3) is 0 Å². The molecule has 0 aliphatic rings. The molecule has 0 saturated heterocycles. The standard InChI is InChI=1S/C14H14O3S3/c1-10-3-8-14(19-10)13(15)9-18-11-4-6-12(7-5-11)20(2,16)17/h3-8H,9H2,1-2H3. The lowest BCUT2D eigenvalue weighted by Crippen LogP contribution is -1.99. The number of rotatable bonds is 5. The summed E-state index contributed by atoms with van der Waals surface area (Å²) in [5, 5.41) is 0. The van der Waals surface area contributed by atoms with E-state index in [-0.39, 0.29) is 5.78 Å². The minimum absolute atomic E-state index is 0.0975. The predicted molar refractivity (Wildman–Crippen MR) is 83.7 cm³/mol. The van der Waals surface area contributed by atoms with Crippen LogP contribution in [0.5, 0.6) is 0 Å². The second-order valence-electron chi connectivity index (χ2n) is 4.37. The van der Waals surface area contributed by atoms with Crippen LogP contribution in [0.2, 0.25) is 0 Å². The molecule has 0 unspecified atom stereocenters. The lowest BCUT2D eigenvalue weighted by Gasteiger charge is -2.02. The molecule has 3 nitrogen and oxygen atoms in total. The summed E-state index contributed by atoms with van der Waals surface area (Å²) in [6.07, 6.45) is 1.18. The van der Waals surface area contributed by atoms with E-state index in [9.17, 15) is 13.2 Å². The first-order chi connectivity index (χ1) is 9.36. The Balaban J connectivity index is 1.99. The van der Waals surface area contributed by atoms with Gasteiger partial charge in [0.05, 0.1) is 15.5 Å². The van der Waals surface area contributed by atoms with Crippen LogP contribution in [0.15, 0.2) is 46.2 Å². The SMILES string of the molecule is Cc1ccc(C(=O)CSc2ccc(S(C)(=O)=O)cc2)s1. The third-order valence-electron chi connectivity index (χ3n) is 2.64. The van der Waals surface area contributed by atoms with Gasteiger partial charge in [-0.3, -0.25) is 4.79 Å². The first-order valence-corrected chi connectivity index (χ1v) is 9.58. The van der Waals surface area contributed by atoms with E-state index in [0.717, 1.165) is 14.6 Å². The molecule has 106 valence electrons. The van der Waals surface area contributed by atoms with Gasteiger partial charge < -0.3 is 0 Å². The Morgan fingerprint density at radius 1 is 1.15 bits per heavy atom. The van der Waals surface area contributed by atoms with Crippen molar-refractivity contribution in [2.75, 3.05) is 12.0 Å². The van der Waals surface area contributed by atoms with E-state index >= 15 is 0 Å². The van der Waals surface area contributed by atoms with Crippen LogP contribution in [0.25, 0.3) is 0 Å². The molecule has 0 saturated carbocycles. The number of benzene rings is 1. The van der Waals surface area contributed by atoms with Crippen LogP contribution < -0.4 is 0 Å². The molecule has 0 N–H and O–H groups in total. The van der Waals surface area contributed by atoms with Crippen molar-refractivity contribution < 1.29 is 13.2 Å². The van der Waals surface area contributed by atoms with Crippen molar-refractivity contribution in [2.24, 2.45) is 0 Å². The monoisotopic (exact) mass is 326 g/mol. The Morgan fingerprint density at radius 2 is 1.80 bits per heavy atom. The number of hydrogen-bond acceptors (Lipinski definition) is 5. The molecule has 0 atom stereocenters. The van der Waals surface area contributed by atoms with Gasteiger partial charge in [0.1, 0.15) is 0 Å². The van der Waals surface area contributed by atoms with Gasteiger partial charge in [-0.2, -0.15) is 0 Å².